The van der Waals surface area contributed by atoms with E-state index in [1.807, 2.05) is 32.0 Å². The molecule has 2 aliphatic heterocycles. The van der Waals surface area contributed by atoms with Gasteiger partial charge in [-0.3, -0.25) is 0 Å². The Morgan fingerprint density at radius 1 is 1.10 bits per heavy atom. The summed E-state index contributed by atoms with van der Waals surface area (Å²) in [5.74, 6) is 0. The van der Waals surface area contributed by atoms with Crippen LogP contribution in [-0.2, 0) is 15.4 Å². The van der Waals surface area contributed by atoms with E-state index in [1.165, 1.54) is 0 Å². The maximum atomic E-state index is 12.4. The van der Waals surface area contributed by atoms with Crippen LogP contribution in [0, 0.1) is 13.8 Å². The Bertz CT molecular complexity index is 593. The number of fused-ring (bicyclic) bond motifs is 2. The lowest BCUT2D eigenvalue weighted by atomic mass is 9.77. The smallest absolute Gasteiger partial charge is 0.156 e. The number of sulfone groups is 1. The summed E-state index contributed by atoms with van der Waals surface area (Å²) in [6.07, 6.45) is 3.09. The van der Waals surface area contributed by atoms with Crippen molar-refractivity contribution in [1.82, 2.24) is 0 Å². The fourth-order valence-corrected chi connectivity index (χ4v) is 6.75. The van der Waals surface area contributed by atoms with Crippen molar-refractivity contribution in [3.63, 3.8) is 0 Å². The van der Waals surface area contributed by atoms with Crippen LogP contribution in [0.25, 0.3) is 0 Å². The highest BCUT2D eigenvalue weighted by atomic mass is 32.2. The van der Waals surface area contributed by atoms with Gasteiger partial charge in [-0.1, -0.05) is 24.6 Å². The topological polar surface area (TPSA) is 54.4 Å². The molecular formula is C16H22O3S. The van der Waals surface area contributed by atoms with Gasteiger partial charge in [0.25, 0.3) is 0 Å². The summed E-state index contributed by atoms with van der Waals surface area (Å²) in [6, 6.07) is 5.98. The minimum atomic E-state index is -3.03. The van der Waals surface area contributed by atoms with E-state index in [9.17, 15) is 13.5 Å². The van der Waals surface area contributed by atoms with Gasteiger partial charge in [-0.15, -0.1) is 0 Å². The van der Waals surface area contributed by atoms with Crippen LogP contribution in [0.15, 0.2) is 18.2 Å². The number of hydrogen-bond acceptors (Lipinski definition) is 3. The van der Waals surface area contributed by atoms with Crippen LogP contribution in [0.1, 0.15) is 48.8 Å². The lowest BCUT2D eigenvalue weighted by molar-refractivity contribution is 0.00390. The summed E-state index contributed by atoms with van der Waals surface area (Å²) >= 11 is 0. The Balaban J connectivity index is 2.07. The molecule has 1 N–H and O–H groups in total. The molecule has 0 aliphatic carbocycles. The molecule has 2 unspecified atom stereocenters. The average Bonchev–Trinajstić information content (AvgIpc) is 2.31. The van der Waals surface area contributed by atoms with Gasteiger partial charge >= 0.3 is 0 Å². The third kappa shape index (κ3) is 2.01. The second-order valence-corrected chi connectivity index (χ2v) is 8.98. The van der Waals surface area contributed by atoms with Crippen LogP contribution in [0.4, 0.5) is 0 Å². The SMILES string of the molecule is Cc1cccc(C)c1C1(O)CC2CCCC(C1)S2(=O)=O. The molecule has 0 saturated carbocycles. The monoisotopic (exact) mass is 294 g/mol. The predicted molar refractivity (Wildman–Crippen MR) is 79.4 cm³/mol. The van der Waals surface area contributed by atoms with Crippen molar-refractivity contribution in [2.24, 2.45) is 0 Å². The second-order valence-electron chi connectivity index (χ2n) is 6.47. The molecule has 110 valence electrons. The maximum Gasteiger partial charge on any atom is 0.156 e. The van der Waals surface area contributed by atoms with Gasteiger partial charge in [-0.2, -0.15) is 0 Å². The van der Waals surface area contributed by atoms with Crippen LogP contribution in [0.3, 0.4) is 0 Å². The molecule has 0 radical (unpaired) electrons. The first-order valence-electron chi connectivity index (χ1n) is 7.36. The largest absolute Gasteiger partial charge is 0.385 e. The van der Waals surface area contributed by atoms with E-state index in [0.29, 0.717) is 25.7 Å². The van der Waals surface area contributed by atoms with Gasteiger partial charge in [0, 0.05) is 0 Å². The molecular weight excluding hydrogens is 272 g/mol. The van der Waals surface area contributed by atoms with E-state index >= 15 is 0 Å². The number of aliphatic hydroxyl groups is 1. The van der Waals surface area contributed by atoms with E-state index in [0.717, 1.165) is 23.1 Å². The summed E-state index contributed by atoms with van der Waals surface area (Å²) in [7, 11) is -3.03. The summed E-state index contributed by atoms with van der Waals surface area (Å²) in [5, 5.41) is 10.5. The lowest BCUT2D eigenvalue weighted by Gasteiger charge is -2.45. The molecule has 3 rings (SSSR count). The summed E-state index contributed by atoms with van der Waals surface area (Å²) in [4.78, 5) is 0. The van der Waals surface area contributed by atoms with Gasteiger partial charge in [0.05, 0.1) is 16.1 Å². The van der Waals surface area contributed by atoms with Crippen LogP contribution in [0.5, 0.6) is 0 Å². The van der Waals surface area contributed by atoms with Crippen molar-refractivity contribution in [2.75, 3.05) is 0 Å². The molecule has 0 amide bonds. The minimum absolute atomic E-state index is 0.359. The molecule has 2 fully saturated rings. The molecule has 3 nitrogen and oxygen atoms in total. The molecule has 2 aliphatic rings. The zero-order chi connectivity index (χ0) is 14.5. The Hall–Kier alpha value is -0.870. The Morgan fingerprint density at radius 3 is 2.10 bits per heavy atom. The van der Waals surface area contributed by atoms with E-state index in [4.69, 9.17) is 0 Å². The summed E-state index contributed by atoms with van der Waals surface area (Å²) < 4.78 is 24.7. The molecule has 2 atom stereocenters. The van der Waals surface area contributed by atoms with Crippen molar-refractivity contribution in [3.05, 3.63) is 34.9 Å². The molecule has 0 spiro atoms. The average molecular weight is 294 g/mol. The van der Waals surface area contributed by atoms with E-state index < -0.39 is 15.4 Å². The zero-order valence-corrected chi connectivity index (χ0v) is 12.9. The van der Waals surface area contributed by atoms with Crippen molar-refractivity contribution < 1.29 is 13.5 Å². The van der Waals surface area contributed by atoms with Gasteiger partial charge in [-0.25, -0.2) is 8.42 Å². The van der Waals surface area contributed by atoms with Crippen LogP contribution >= 0.6 is 0 Å². The fourth-order valence-electron chi connectivity index (χ4n) is 4.20. The van der Waals surface area contributed by atoms with Crippen molar-refractivity contribution in [1.29, 1.82) is 0 Å². The number of hydrogen-bond donors (Lipinski definition) is 1. The Labute approximate surface area is 120 Å². The molecule has 20 heavy (non-hydrogen) atoms. The van der Waals surface area contributed by atoms with E-state index in [2.05, 4.69) is 0 Å². The second kappa shape index (κ2) is 4.57. The zero-order valence-electron chi connectivity index (χ0n) is 12.1. The third-order valence-corrected chi connectivity index (χ3v) is 7.72. The van der Waals surface area contributed by atoms with Gasteiger partial charge in [0.2, 0.25) is 0 Å². The molecule has 4 heteroatoms. The van der Waals surface area contributed by atoms with Crippen molar-refractivity contribution in [2.45, 2.75) is 62.1 Å². The summed E-state index contributed by atoms with van der Waals surface area (Å²) in [6.45, 7) is 4.00. The maximum absolute atomic E-state index is 12.4. The van der Waals surface area contributed by atoms with Crippen LogP contribution in [-0.4, -0.2) is 24.0 Å². The van der Waals surface area contributed by atoms with Gasteiger partial charge in [0.15, 0.2) is 9.84 Å². The van der Waals surface area contributed by atoms with Crippen LogP contribution in [0.2, 0.25) is 0 Å². The number of aryl methyl sites for hydroxylation is 2. The van der Waals surface area contributed by atoms with Crippen molar-refractivity contribution >= 4 is 9.84 Å². The Morgan fingerprint density at radius 2 is 1.60 bits per heavy atom. The molecule has 2 saturated heterocycles. The predicted octanol–water partition coefficient (Wildman–Crippen LogP) is 2.62. The summed E-state index contributed by atoms with van der Waals surface area (Å²) in [5.41, 5.74) is 2.10. The fraction of sp³-hybridized carbons (Fsp3) is 0.625. The third-order valence-electron chi connectivity index (χ3n) is 5.06. The van der Waals surface area contributed by atoms with Gasteiger partial charge < -0.3 is 5.11 Å². The first-order chi connectivity index (χ1) is 9.34. The minimum Gasteiger partial charge on any atom is -0.385 e. The molecule has 2 heterocycles. The molecule has 1 aromatic carbocycles. The lowest BCUT2D eigenvalue weighted by Crippen LogP contribution is -2.50. The van der Waals surface area contributed by atoms with Crippen LogP contribution < -0.4 is 0 Å². The molecule has 2 bridgehead atoms. The quantitative estimate of drug-likeness (QED) is 0.866. The first-order valence-corrected chi connectivity index (χ1v) is 8.97. The normalized spacial score (nSPS) is 35.8. The molecule has 0 aromatic heterocycles. The highest BCUT2D eigenvalue weighted by Crippen LogP contribution is 2.47. The van der Waals surface area contributed by atoms with Gasteiger partial charge in [-0.05, 0) is 56.2 Å². The number of rotatable bonds is 1. The van der Waals surface area contributed by atoms with Gasteiger partial charge in [0.1, 0.15) is 0 Å². The van der Waals surface area contributed by atoms with Crippen molar-refractivity contribution in [3.8, 4) is 0 Å². The van der Waals surface area contributed by atoms with E-state index in [-0.39, 0.29) is 10.5 Å². The standard InChI is InChI=1S/C16H22O3S/c1-11-5-3-6-12(2)15(11)16(17)9-13-7-4-8-14(10-16)20(13,18)19/h3,5-6,13-14,17H,4,7-10H2,1-2H3. The van der Waals surface area contributed by atoms with E-state index in [1.54, 1.807) is 0 Å². The first kappa shape index (κ1) is 14.1. The Kier molecular flexibility index (Phi) is 3.22. The number of benzene rings is 1. The highest BCUT2D eigenvalue weighted by Gasteiger charge is 2.51. The highest BCUT2D eigenvalue weighted by molar-refractivity contribution is 7.92. The molecule has 1 aromatic rings.